The van der Waals surface area contributed by atoms with E-state index in [0.717, 1.165) is 24.0 Å². The predicted octanol–water partition coefficient (Wildman–Crippen LogP) is 8.00. The van der Waals surface area contributed by atoms with Crippen LogP contribution in [0.1, 0.15) is 97.6 Å². The molecular formula is C30H46O4. The fourth-order valence-electron chi connectivity index (χ4n) is 3.77. The molecule has 0 aromatic heterocycles. The summed E-state index contributed by atoms with van der Waals surface area (Å²) in [6, 6.07) is 7.96. The summed E-state index contributed by atoms with van der Waals surface area (Å²) in [6.07, 6.45) is 3.85. The number of carbonyl (C=O) groups excluding carboxylic acids is 2. The number of allylic oxidation sites excluding steroid dienone is 3. The Morgan fingerprint density at radius 1 is 0.765 bits per heavy atom. The van der Waals surface area contributed by atoms with Crippen LogP contribution in [0.3, 0.4) is 0 Å². The summed E-state index contributed by atoms with van der Waals surface area (Å²) in [5, 5.41) is 22.2. The maximum Gasteiger partial charge on any atom is 0.170 e. The first-order chi connectivity index (χ1) is 15.9. The Bertz CT molecular complexity index is 872. The molecule has 0 unspecified atom stereocenters. The fourth-order valence-corrected chi connectivity index (χ4v) is 3.77. The summed E-state index contributed by atoms with van der Waals surface area (Å²) >= 11 is 0. The maximum atomic E-state index is 13.3. The van der Waals surface area contributed by atoms with E-state index in [4.69, 9.17) is 0 Å². The second-order valence-corrected chi connectivity index (χ2v) is 10.8. The normalized spacial score (nSPS) is 13.4. The zero-order valence-electron chi connectivity index (χ0n) is 22.4. The Balaban J connectivity index is 3.37. The Hall–Kier alpha value is -2.36. The number of carbonyl (C=O) groups is 2. The first kappa shape index (κ1) is 29.7. The first-order valence-electron chi connectivity index (χ1n) is 12.9. The van der Waals surface area contributed by atoms with Gasteiger partial charge in [-0.2, -0.15) is 0 Å². The number of rotatable bonds is 15. The van der Waals surface area contributed by atoms with Crippen LogP contribution < -0.4 is 0 Å². The standard InChI is InChI=1S/C30H46O4/c1-20(2)11-15-25(26(31)16-12-21(3)4)30(34)29(27(32)17-13-22(5)6)28(33)18-14-24-10-8-9-23(7)19-24/h8-10,19-22,31,34H,11-18H2,1-7H3/b26-25+,30-29-. The van der Waals surface area contributed by atoms with E-state index >= 15 is 0 Å². The highest BCUT2D eigenvalue weighted by atomic mass is 16.3. The van der Waals surface area contributed by atoms with E-state index in [9.17, 15) is 19.8 Å². The van der Waals surface area contributed by atoms with Gasteiger partial charge in [0, 0.05) is 24.8 Å². The molecule has 4 heteroatoms. The predicted molar refractivity (Wildman–Crippen MR) is 141 cm³/mol. The smallest absolute Gasteiger partial charge is 0.170 e. The molecule has 34 heavy (non-hydrogen) atoms. The Morgan fingerprint density at radius 3 is 1.85 bits per heavy atom. The average Bonchev–Trinajstić information content (AvgIpc) is 2.75. The zero-order chi connectivity index (χ0) is 25.8. The fraction of sp³-hybridized carbons (Fsp3) is 0.600. The highest BCUT2D eigenvalue weighted by Gasteiger charge is 2.26. The second-order valence-electron chi connectivity index (χ2n) is 10.8. The maximum absolute atomic E-state index is 13.3. The summed E-state index contributed by atoms with van der Waals surface area (Å²) in [5.74, 6) is 0.147. The monoisotopic (exact) mass is 470 g/mol. The quantitative estimate of drug-likeness (QED) is 0.0895. The van der Waals surface area contributed by atoms with Gasteiger partial charge in [-0.05, 0) is 62.3 Å². The molecule has 0 fully saturated rings. The van der Waals surface area contributed by atoms with E-state index in [2.05, 4.69) is 27.7 Å². The third kappa shape index (κ3) is 10.7. The minimum atomic E-state index is -0.355. The van der Waals surface area contributed by atoms with Gasteiger partial charge in [-0.3, -0.25) is 9.59 Å². The lowest BCUT2D eigenvalue weighted by atomic mass is 9.90. The highest BCUT2D eigenvalue weighted by molar-refractivity contribution is 6.20. The molecule has 0 heterocycles. The van der Waals surface area contributed by atoms with Gasteiger partial charge in [-0.1, -0.05) is 71.4 Å². The molecule has 4 nitrogen and oxygen atoms in total. The van der Waals surface area contributed by atoms with Crippen LogP contribution in [-0.2, 0) is 16.0 Å². The van der Waals surface area contributed by atoms with Crippen molar-refractivity contribution >= 4 is 11.6 Å². The molecule has 0 amide bonds. The molecule has 0 aliphatic rings. The molecular weight excluding hydrogens is 424 g/mol. The van der Waals surface area contributed by atoms with Gasteiger partial charge in [0.2, 0.25) is 0 Å². The van der Waals surface area contributed by atoms with E-state index in [0.29, 0.717) is 49.0 Å². The zero-order valence-corrected chi connectivity index (χ0v) is 22.4. The summed E-state index contributed by atoms with van der Waals surface area (Å²) in [7, 11) is 0. The molecule has 0 atom stereocenters. The number of aliphatic hydroxyl groups is 2. The number of benzene rings is 1. The molecule has 0 bridgehead atoms. The van der Waals surface area contributed by atoms with Crippen molar-refractivity contribution in [3.63, 3.8) is 0 Å². The Morgan fingerprint density at radius 2 is 1.29 bits per heavy atom. The van der Waals surface area contributed by atoms with Gasteiger partial charge >= 0.3 is 0 Å². The van der Waals surface area contributed by atoms with Crippen LogP contribution in [0.15, 0.2) is 46.9 Å². The molecule has 190 valence electrons. The van der Waals surface area contributed by atoms with Crippen LogP contribution in [0.4, 0.5) is 0 Å². The van der Waals surface area contributed by atoms with Gasteiger partial charge in [0.05, 0.1) is 5.76 Å². The Labute approximate surface area is 207 Å². The lowest BCUT2D eigenvalue weighted by molar-refractivity contribution is -0.121. The molecule has 2 N–H and O–H groups in total. The lowest BCUT2D eigenvalue weighted by Crippen LogP contribution is -2.18. The molecule has 1 rings (SSSR count). The third-order valence-corrected chi connectivity index (χ3v) is 6.03. The van der Waals surface area contributed by atoms with Crippen molar-refractivity contribution in [1.82, 2.24) is 0 Å². The summed E-state index contributed by atoms with van der Waals surface area (Å²) in [4.78, 5) is 26.5. The van der Waals surface area contributed by atoms with Gasteiger partial charge in [-0.15, -0.1) is 0 Å². The molecule has 1 aromatic rings. The number of hydrogen-bond donors (Lipinski definition) is 2. The minimum Gasteiger partial charge on any atom is -0.512 e. The van der Waals surface area contributed by atoms with Gasteiger partial charge in [-0.25, -0.2) is 0 Å². The van der Waals surface area contributed by atoms with Crippen LogP contribution in [0.25, 0.3) is 0 Å². The lowest BCUT2D eigenvalue weighted by Gasteiger charge is -2.17. The van der Waals surface area contributed by atoms with Crippen molar-refractivity contribution in [1.29, 1.82) is 0 Å². The van der Waals surface area contributed by atoms with Gasteiger partial charge in [0.1, 0.15) is 11.3 Å². The first-order valence-corrected chi connectivity index (χ1v) is 12.9. The van der Waals surface area contributed by atoms with E-state index in [1.807, 2.05) is 45.0 Å². The molecule has 0 saturated carbocycles. The van der Waals surface area contributed by atoms with Crippen molar-refractivity contribution in [2.75, 3.05) is 0 Å². The minimum absolute atomic E-state index is 0.0903. The van der Waals surface area contributed by atoms with E-state index < -0.39 is 0 Å². The number of Topliss-reactive ketones (excluding diaryl/α,β-unsaturated/α-hetero) is 2. The highest BCUT2D eigenvalue weighted by Crippen LogP contribution is 2.28. The molecule has 0 saturated heterocycles. The molecule has 1 aromatic carbocycles. The summed E-state index contributed by atoms with van der Waals surface area (Å²) in [5.41, 5.74) is 2.36. The van der Waals surface area contributed by atoms with Crippen LogP contribution in [-0.4, -0.2) is 21.8 Å². The number of aryl methyl sites for hydroxylation is 2. The van der Waals surface area contributed by atoms with Crippen molar-refractivity contribution < 1.29 is 19.8 Å². The van der Waals surface area contributed by atoms with E-state index in [-0.39, 0.29) is 41.5 Å². The van der Waals surface area contributed by atoms with Crippen LogP contribution in [0.5, 0.6) is 0 Å². The molecule has 0 aliphatic heterocycles. The number of hydrogen-bond acceptors (Lipinski definition) is 4. The average molecular weight is 471 g/mol. The SMILES string of the molecule is Cc1cccc(CCC(=O)/C(C(=O)CCC(C)C)=C(O)/C(CCC(C)C)=C(/O)CCC(C)C)c1. The van der Waals surface area contributed by atoms with E-state index in [1.54, 1.807) is 0 Å². The largest absolute Gasteiger partial charge is 0.512 e. The van der Waals surface area contributed by atoms with Gasteiger partial charge < -0.3 is 10.2 Å². The molecule has 0 radical (unpaired) electrons. The molecule has 0 spiro atoms. The second kappa shape index (κ2) is 14.8. The molecule has 0 aliphatic carbocycles. The van der Waals surface area contributed by atoms with Crippen molar-refractivity contribution in [2.45, 2.75) is 99.8 Å². The van der Waals surface area contributed by atoms with Gasteiger partial charge in [0.25, 0.3) is 0 Å². The number of ketones is 2. The van der Waals surface area contributed by atoms with Crippen molar-refractivity contribution in [2.24, 2.45) is 17.8 Å². The van der Waals surface area contributed by atoms with Crippen LogP contribution in [0, 0.1) is 24.7 Å². The van der Waals surface area contributed by atoms with Gasteiger partial charge in [0.15, 0.2) is 11.6 Å². The van der Waals surface area contributed by atoms with E-state index in [1.165, 1.54) is 0 Å². The van der Waals surface area contributed by atoms with Crippen LogP contribution in [0.2, 0.25) is 0 Å². The van der Waals surface area contributed by atoms with Crippen molar-refractivity contribution in [3.05, 3.63) is 58.1 Å². The number of aliphatic hydroxyl groups excluding tert-OH is 2. The topological polar surface area (TPSA) is 74.6 Å². The van der Waals surface area contributed by atoms with Crippen molar-refractivity contribution in [3.8, 4) is 0 Å². The van der Waals surface area contributed by atoms with Crippen LogP contribution >= 0.6 is 0 Å². The Kier molecular flexibility index (Phi) is 12.9. The summed E-state index contributed by atoms with van der Waals surface area (Å²) in [6.45, 7) is 14.4. The summed E-state index contributed by atoms with van der Waals surface area (Å²) < 4.78 is 0. The third-order valence-electron chi connectivity index (χ3n) is 6.03.